The molecule has 2 N–H and O–H groups in total. The summed E-state index contributed by atoms with van der Waals surface area (Å²) in [5.74, 6) is 0. The van der Waals surface area contributed by atoms with Gasteiger partial charge in [0, 0.05) is 5.39 Å². The number of rotatable bonds is 4. The van der Waals surface area contributed by atoms with Crippen LogP contribution >= 0.6 is 11.3 Å². The van der Waals surface area contributed by atoms with Gasteiger partial charge in [0.2, 0.25) is 0 Å². The molecule has 21 heavy (non-hydrogen) atoms. The van der Waals surface area contributed by atoms with Gasteiger partial charge in [-0.05, 0) is 29.1 Å². The van der Waals surface area contributed by atoms with Crippen LogP contribution in [0.3, 0.4) is 0 Å². The lowest BCUT2D eigenvalue weighted by Crippen LogP contribution is -2.11. The van der Waals surface area contributed by atoms with Crippen LogP contribution in [0.25, 0.3) is 10.9 Å². The molecule has 0 aliphatic heterocycles. The maximum atomic E-state index is 12.3. The Morgan fingerprint density at radius 2 is 2.05 bits per heavy atom. The van der Waals surface area contributed by atoms with Crippen molar-refractivity contribution >= 4 is 38.0 Å². The fourth-order valence-electron chi connectivity index (χ4n) is 1.91. The fraction of sp³-hybridized carbons (Fsp3) is 0.0714. The summed E-state index contributed by atoms with van der Waals surface area (Å²) >= 11 is 1.07. The molecular formula is C14H12N2O3S2. The Bertz CT molecular complexity index is 888. The zero-order chi connectivity index (χ0) is 14.9. The molecule has 1 aromatic carbocycles. The van der Waals surface area contributed by atoms with E-state index in [1.807, 2.05) is 24.3 Å². The van der Waals surface area contributed by atoms with Gasteiger partial charge in [-0.1, -0.05) is 18.2 Å². The molecule has 2 aromatic heterocycles. The number of anilines is 1. The molecule has 3 aromatic rings. The lowest BCUT2D eigenvalue weighted by atomic mass is 10.2. The van der Waals surface area contributed by atoms with E-state index in [0.29, 0.717) is 11.3 Å². The van der Waals surface area contributed by atoms with Crippen LogP contribution in [-0.2, 0) is 16.6 Å². The maximum Gasteiger partial charge on any atom is 0.271 e. The molecule has 0 aliphatic carbocycles. The Morgan fingerprint density at radius 1 is 1.24 bits per heavy atom. The van der Waals surface area contributed by atoms with Crippen LogP contribution in [0.5, 0.6) is 0 Å². The molecule has 3 rings (SSSR count). The number of aromatic nitrogens is 1. The third-order valence-corrected chi connectivity index (χ3v) is 5.79. The van der Waals surface area contributed by atoms with Crippen LogP contribution in [0, 0.1) is 0 Å². The molecule has 0 spiro atoms. The first-order chi connectivity index (χ1) is 10.1. The molecular weight excluding hydrogens is 308 g/mol. The number of aliphatic hydroxyl groups excluding tert-OH is 1. The second-order valence-corrected chi connectivity index (χ2v) is 7.27. The van der Waals surface area contributed by atoms with Crippen LogP contribution in [0.15, 0.2) is 52.2 Å². The van der Waals surface area contributed by atoms with Crippen LogP contribution in [-0.4, -0.2) is 18.5 Å². The number of benzene rings is 1. The molecule has 0 fully saturated rings. The summed E-state index contributed by atoms with van der Waals surface area (Å²) in [5, 5.41) is 11.5. The maximum absolute atomic E-state index is 12.3. The van der Waals surface area contributed by atoms with Crippen molar-refractivity contribution < 1.29 is 13.5 Å². The first-order valence-corrected chi connectivity index (χ1v) is 8.51. The molecule has 7 heteroatoms. The molecule has 0 saturated heterocycles. The van der Waals surface area contributed by atoms with Crippen molar-refractivity contribution in [3.05, 3.63) is 53.5 Å². The number of nitrogens with zero attached hydrogens (tertiary/aromatic N) is 1. The summed E-state index contributed by atoms with van der Waals surface area (Å²) in [7, 11) is -3.65. The van der Waals surface area contributed by atoms with Gasteiger partial charge in [0.25, 0.3) is 10.0 Å². The quantitative estimate of drug-likeness (QED) is 0.774. The number of hydrogen-bond donors (Lipinski definition) is 2. The van der Waals surface area contributed by atoms with E-state index >= 15 is 0 Å². The van der Waals surface area contributed by atoms with E-state index in [2.05, 4.69) is 9.71 Å². The molecule has 2 heterocycles. The lowest BCUT2D eigenvalue weighted by molar-refractivity contribution is 0.282. The van der Waals surface area contributed by atoms with Gasteiger partial charge in [0.1, 0.15) is 4.21 Å². The fourth-order valence-corrected chi connectivity index (χ4v) is 4.14. The molecule has 0 atom stereocenters. The standard InChI is InChI=1S/C14H12N2O3S2/c17-8-10-5-14(20-9-10)21(18,19)16-12-6-11-3-1-2-4-13(11)15-7-12/h1-7,9,16-17H,8H2. The van der Waals surface area contributed by atoms with Gasteiger partial charge in [-0.15, -0.1) is 11.3 Å². The molecule has 108 valence electrons. The normalized spacial score (nSPS) is 11.7. The third-order valence-electron chi connectivity index (χ3n) is 2.92. The number of sulfonamides is 1. The first-order valence-electron chi connectivity index (χ1n) is 6.14. The largest absolute Gasteiger partial charge is 0.392 e. The Morgan fingerprint density at radius 3 is 2.81 bits per heavy atom. The molecule has 0 radical (unpaired) electrons. The number of hydrogen-bond acceptors (Lipinski definition) is 5. The number of aliphatic hydroxyl groups is 1. The van der Waals surface area contributed by atoms with Gasteiger partial charge in [0.15, 0.2) is 0 Å². The zero-order valence-electron chi connectivity index (χ0n) is 10.9. The number of fused-ring (bicyclic) bond motifs is 1. The average molecular weight is 320 g/mol. The second-order valence-electron chi connectivity index (χ2n) is 4.45. The molecule has 5 nitrogen and oxygen atoms in total. The SMILES string of the molecule is O=S(=O)(Nc1cnc2ccccc2c1)c1cc(CO)cs1. The van der Waals surface area contributed by atoms with Gasteiger partial charge < -0.3 is 5.11 Å². The minimum absolute atomic E-state index is 0.166. The summed E-state index contributed by atoms with van der Waals surface area (Å²) in [4.78, 5) is 4.22. The van der Waals surface area contributed by atoms with Crippen molar-refractivity contribution in [2.45, 2.75) is 10.8 Å². The zero-order valence-corrected chi connectivity index (χ0v) is 12.5. The number of thiophene rings is 1. The predicted molar refractivity (Wildman–Crippen MR) is 82.8 cm³/mol. The average Bonchev–Trinajstić information content (AvgIpc) is 2.96. The highest BCUT2D eigenvalue weighted by molar-refractivity contribution is 7.94. The van der Waals surface area contributed by atoms with Crippen molar-refractivity contribution in [1.82, 2.24) is 4.98 Å². The summed E-state index contributed by atoms with van der Waals surface area (Å²) in [6.07, 6.45) is 1.49. The number of nitrogens with one attached hydrogen (secondary N) is 1. The van der Waals surface area contributed by atoms with E-state index in [1.54, 1.807) is 11.4 Å². The highest BCUT2D eigenvalue weighted by Gasteiger charge is 2.17. The van der Waals surface area contributed by atoms with Crippen molar-refractivity contribution in [3.63, 3.8) is 0 Å². The molecule has 0 saturated carbocycles. The monoisotopic (exact) mass is 320 g/mol. The minimum Gasteiger partial charge on any atom is -0.392 e. The molecule has 0 aliphatic rings. The Kier molecular flexibility index (Phi) is 3.62. The smallest absolute Gasteiger partial charge is 0.271 e. The van der Waals surface area contributed by atoms with Crippen molar-refractivity contribution in [2.75, 3.05) is 4.72 Å². The van der Waals surface area contributed by atoms with E-state index in [-0.39, 0.29) is 10.8 Å². The predicted octanol–water partition coefficient (Wildman–Crippen LogP) is 2.59. The van der Waals surface area contributed by atoms with Gasteiger partial charge in [-0.2, -0.15) is 0 Å². The number of para-hydroxylation sites is 1. The summed E-state index contributed by atoms with van der Waals surface area (Å²) in [6, 6.07) is 10.7. The van der Waals surface area contributed by atoms with Crippen LogP contribution in [0.1, 0.15) is 5.56 Å². The van der Waals surface area contributed by atoms with Crippen LogP contribution < -0.4 is 4.72 Å². The van der Waals surface area contributed by atoms with E-state index in [4.69, 9.17) is 5.11 Å². The van der Waals surface area contributed by atoms with Gasteiger partial charge in [0.05, 0.1) is 24.0 Å². The van der Waals surface area contributed by atoms with Crippen molar-refractivity contribution in [1.29, 1.82) is 0 Å². The van der Waals surface area contributed by atoms with Gasteiger partial charge in [-0.3, -0.25) is 9.71 Å². The Labute approximate surface area is 125 Å². The topological polar surface area (TPSA) is 79.3 Å². The highest BCUT2D eigenvalue weighted by atomic mass is 32.2. The van der Waals surface area contributed by atoms with Crippen molar-refractivity contribution in [3.8, 4) is 0 Å². The third kappa shape index (κ3) is 2.90. The molecule has 0 amide bonds. The van der Waals surface area contributed by atoms with Crippen LogP contribution in [0.4, 0.5) is 5.69 Å². The van der Waals surface area contributed by atoms with Crippen molar-refractivity contribution in [2.24, 2.45) is 0 Å². The lowest BCUT2D eigenvalue weighted by Gasteiger charge is -2.06. The summed E-state index contributed by atoms with van der Waals surface area (Å²) in [6.45, 7) is -0.177. The first kappa shape index (κ1) is 14.0. The molecule has 0 bridgehead atoms. The van der Waals surface area contributed by atoms with Gasteiger partial charge in [-0.25, -0.2) is 8.42 Å². The second kappa shape index (κ2) is 5.44. The Balaban J connectivity index is 1.93. The minimum atomic E-state index is -3.65. The summed E-state index contributed by atoms with van der Waals surface area (Å²) < 4.78 is 27.2. The van der Waals surface area contributed by atoms with E-state index in [9.17, 15) is 8.42 Å². The van der Waals surface area contributed by atoms with Gasteiger partial charge >= 0.3 is 0 Å². The highest BCUT2D eigenvalue weighted by Crippen LogP contribution is 2.24. The Hall–Kier alpha value is -1.96. The van der Waals surface area contributed by atoms with E-state index in [1.165, 1.54) is 12.3 Å². The van der Waals surface area contributed by atoms with Crippen LogP contribution in [0.2, 0.25) is 0 Å². The van der Waals surface area contributed by atoms with E-state index in [0.717, 1.165) is 22.2 Å². The summed E-state index contributed by atoms with van der Waals surface area (Å²) in [5.41, 5.74) is 1.80. The molecule has 0 unspecified atom stereocenters. The van der Waals surface area contributed by atoms with E-state index < -0.39 is 10.0 Å². The number of pyridine rings is 1.